The van der Waals surface area contributed by atoms with Crippen molar-refractivity contribution in [3.8, 4) is 0 Å². The predicted molar refractivity (Wildman–Crippen MR) is 123 cm³/mol. The standard InChI is InChI=1S/C26H37N3O4/c1-17(30)21-9-6-18(33-21)16-28-25(32)23-20-8-7-19(26(20)10-11-26)22(23)24(31)27-12-2-3-13-29-14-4-5-15-29/h6,9,19-20,22-23H,2-5,7-8,10-16H2,1H3,(H,27,31)(H,28,32)/t19-,20+,22-,23-/m1/s1. The highest BCUT2D eigenvalue weighted by Gasteiger charge is 2.71. The van der Waals surface area contributed by atoms with Gasteiger partial charge in [0, 0.05) is 13.5 Å². The van der Waals surface area contributed by atoms with Crippen molar-refractivity contribution < 1.29 is 18.8 Å². The second-order valence-electron chi connectivity index (χ2n) is 10.7. The Morgan fingerprint density at radius 1 is 1.00 bits per heavy atom. The fraction of sp³-hybridized carbons (Fsp3) is 0.731. The van der Waals surface area contributed by atoms with Crippen LogP contribution >= 0.6 is 0 Å². The van der Waals surface area contributed by atoms with E-state index in [0.29, 0.717) is 29.9 Å². The maximum Gasteiger partial charge on any atom is 0.224 e. The van der Waals surface area contributed by atoms with Crippen LogP contribution in [0.1, 0.15) is 74.6 Å². The Morgan fingerprint density at radius 2 is 1.67 bits per heavy atom. The van der Waals surface area contributed by atoms with E-state index in [2.05, 4.69) is 15.5 Å². The Hall–Kier alpha value is -2.15. The van der Waals surface area contributed by atoms with E-state index in [1.165, 1.54) is 32.9 Å². The molecule has 7 heteroatoms. The molecule has 1 spiro atoms. The summed E-state index contributed by atoms with van der Waals surface area (Å²) in [5.41, 5.74) is 0.228. The molecule has 4 atom stereocenters. The first-order valence-electron chi connectivity index (χ1n) is 12.9. The molecule has 4 aliphatic rings. The smallest absolute Gasteiger partial charge is 0.224 e. The van der Waals surface area contributed by atoms with Crippen molar-refractivity contribution >= 4 is 17.6 Å². The van der Waals surface area contributed by atoms with E-state index in [0.717, 1.165) is 45.1 Å². The van der Waals surface area contributed by atoms with Crippen LogP contribution in [-0.2, 0) is 16.1 Å². The lowest BCUT2D eigenvalue weighted by Gasteiger charge is -2.29. The number of Topliss-reactive ketones (excluding diaryl/α,β-unsaturated/α-hetero) is 1. The first-order chi connectivity index (χ1) is 16.0. The summed E-state index contributed by atoms with van der Waals surface area (Å²) in [5, 5.41) is 6.19. The van der Waals surface area contributed by atoms with Gasteiger partial charge in [0.25, 0.3) is 0 Å². The second-order valence-corrected chi connectivity index (χ2v) is 10.7. The number of nitrogens with one attached hydrogen (secondary N) is 2. The van der Waals surface area contributed by atoms with Gasteiger partial charge in [-0.1, -0.05) is 0 Å². The van der Waals surface area contributed by atoms with Crippen LogP contribution in [0.2, 0.25) is 0 Å². The third-order valence-corrected chi connectivity index (χ3v) is 8.80. The van der Waals surface area contributed by atoms with Gasteiger partial charge in [0.1, 0.15) is 5.76 Å². The van der Waals surface area contributed by atoms with Gasteiger partial charge in [-0.05, 0) is 100 Å². The number of hydrogen-bond donors (Lipinski definition) is 2. The number of likely N-dealkylation sites (tertiary alicyclic amines) is 1. The van der Waals surface area contributed by atoms with E-state index in [1.807, 2.05) is 0 Å². The third-order valence-electron chi connectivity index (χ3n) is 8.80. The largest absolute Gasteiger partial charge is 0.456 e. The number of ketones is 1. The lowest BCUT2D eigenvalue weighted by atomic mass is 9.78. The zero-order chi connectivity index (χ0) is 23.0. The first-order valence-corrected chi connectivity index (χ1v) is 12.9. The van der Waals surface area contributed by atoms with Crippen molar-refractivity contribution in [1.29, 1.82) is 0 Å². The molecular weight excluding hydrogens is 418 g/mol. The molecule has 1 aromatic heterocycles. The molecule has 2 amide bonds. The number of furan rings is 1. The molecule has 2 bridgehead atoms. The van der Waals surface area contributed by atoms with Crippen LogP contribution in [0.25, 0.3) is 0 Å². The molecule has 5 rings (SSSR count). The summed E-state index contributed by atoms with van der Waals surface area (Å²) in [6.45, 7) is 5.95. The van der Waals surface area contributed by atoms with Gasteiger partial charge in [0.15, 0.2) is 11.5 Å². The summed E-state index contributed by atoms with van der Waals surface area (Å²) < 4.78 is 5.51. The fourth-order valence-electron chi connectivity index (χ4n) is 7.11. The van der Waals surface area contributed by atoms with Crippen molar-refractivity contribution in [2.24, 2.45) is 29.1 Å². The van der Waals surface area contributed by atoms with Crippen LogP contribution in [0.5, 0.6) is 0 Å². The van der Waals surface area contributed by atoms with Crippen molar-refractivity contribution in [2.45, 2.75) is 64.8 Å². The van der Waals surface area contributed by atoms with Gasteiger partial charge in [-0.3, -0.25) is 14.4 Å². The third kappa shape index (κ3) is 4.36. The number of carbonyl (C=O) groups excluding carboxylic acids is 3. The van der Waals surface area contributed by atoms with Crippen LogP contribution in [0.4, 0.5) is 0 Å². The zero-order valence-electron chi connectivity index (χ0n) is 19.7. The quantitative estimate of drug-likeness (QED) is 0.418. The van der Waals surface area contributed by atoms with E-state index < -0.39 is 0 Å². The van der Waals surface area contributed by atoms with Gasteiger partial charge in [-0.25, -0.2) is 0 Å². The van der Waals surface area contributed by atoms with Crippen LogP contribution in [-0.4, -0.2) is 48.7 Å². The van der Waals surface area contributed by atoms with Gasteiger partial charge in [-0.2, -0.15) is 0 Å². The minimum atomic E-state index is -0.252. The normalized spacial score (nSPS) is 29.5. The Balaban J connectivity index is 1.16. The summed E-state index contributed by atoms with van der Waals surface area (Å²) in [6, 6.07) is 3.37. The summed E-state index contributed by atoms with van der Waals surface area (Å²) in [6.07, 6.45) is 9.16. The van der Waals surface area contributed by atoms with E-state index in [-0.39, 0.29) is 41.4 Å². The Bertz CT molecular complexity index is 899. The molecule has 180 valence electrons. The average molecular weight is 456 g/mol. The molecule has 3 saturated carbocycles. The maximum atomic E-state index is 13.3. The highest BCUT2D eigenvalue weighted by molar-refractivity contribution is 5.91. The summed E-state index contributed by atoms with van der Waals surface area (Å²) in [5.74, 6) is 0.972. The lowest BCUT2D eigenvalue weighted by molar-refractivity contribution is -0.137. The molecule has 33 heavy (non-hydrogen) atoms. The van der Waals surface area contributed by atoms with Crippen molar-refractivity contribution in [1.82, 2.24) is 15.5 Å². The van der Waals surface area contributed by atoms with Gasteiger partial charge in [-0.15, -0.1) is 0 Å². The number of hydrogen-bond acceptors (Lipinski definition) is 5. The molecule has 0 aromatic carbocycles. The fourth-order valence-corrected chi connectivity index (χ4v) is 7.11. The summed E-state index contributed by atoms with van der Waals surface area (Å²) >= 11 is 0. The Labute approximate surface area is 196 Å². The predicted octanol–water partition coefficient (Wildman–Crippen LogP) is 3.14. The zero-order valence-corrected chi connectivity index (χ0v) is 19.7. The first kappa shape index (κ1) is 22.6. The molecule has 0 unspecified atom stereocenters. The lowest BCUT2D eigenvalue weighted by Crippen LogP contribution is -2.45. The molecule has 2 heterocycles. The number of amides is 2. The van der Waals surface area contributed by atoms with Gasteiger partial charge in [0.2, 0.25) is 11.8 Å². The molecule has 1 aliphatic heterocycles. The molecule has 2 N–H and O–H groups in total. The minimum absolute atomic E-state index is 0.0385. The molecular formula is C26H37N3O4. The van der Waals surface area contributed by atoms with Crippen LogP contribution in [0.15, 0.2) is 16.5 Å². The summed E-state index contributed by atoms with van der Waals surface area (Å²) in [4.78, 5) is 40.5. The number of nitrogens with zero attached hydrogens (tertiary/aromatic N) is 1. The monoisotopic (exact) mass is 455 g/mol. The average Bonchev–Trinajstić information content (AvgIpc) is 3.16. The molecule has 4 fully saturated rings. The highest BCUT2D eigenvalue weighted by Crippen LogP contribution is 2.74. The van der Waals surface area contributed by atoms with E-state index in [9.17, 15) is 14.4 Å². The molecule has 1 saturated heterocycles. The van der Waals surface area contributed by atoms with Gasteiger partial charge >= 0.3 is 0 Å². The Morgan fingerprint density at radius 3 is 2.27 bits per heavy atom. The number of unbranched alkanes of at least 4 members (excludes halogenated alkanes) is 1. The molecule has 7 nitrogen and oxygen atoms in total. The highest BCUT2D eigenvalue weighted by atomic mass is 16.3. The molecule has 1 aromatic rings. The van der Waals surface area contributed by atoms with Gasteiger partial charge < -0.3 is 20.0 Å². The second kappa shape index (κ2) is 9.24. The van der Waals surface area contributed by atoms with Crippen LogP contribution in [0.3, 0.4) is 0 Å². The Kier molecular flexibility index (Phi) is 6.34. The molecule has 0 radical (unpaired) electrons. The molecule has 3 aliphatic carbocycles. The van der Waals surface area contributed by atoms with Crippen molar-refractivity contribution in [2.75, 3.05) is 26.2 Å². The van der Waals surface area contributed by atoms with Crippen molar-refractivity contribution in [3.05, 3.63) is 23.7 Å². The maximum absolute atomic E-state index is 13.3. The van der Waals surface area contributed by atoms with Crippen LogP contribution < -0.4 is 10.6 Å². The SMILES string of the molecule is CC(=O)c1ccc(CNC(=O)[C@H]2[C@H](C(=O)NCCCCN3CCCC3)[C@H]3CC[C@@H]2C32CC2)o1. The van der Waals surface area contributed by atoms with Crippen LogP contribution in [0, 0.1) is 29.1 Å². The summed E-state index contributed by atoms with van der Waals surface area (Å²) in [7, 11) is 0. The van der Waals surface area contributed by atoms with Gasteiger partial charge in [0.05, 0.1) is 18.4 Å². The number of carbonyl (C=O) groups is 3. The van der Waals surface area contributed by atoms with E-state index in [4.69, 9.17) is 4.42 Å². The van der Waals surface area contributed by atoms with E-state index in [1.54, 1.807) is 12.1 Å². The topological polar surface area (TPSA) is 91.6 Å². The van der Waals surface area contributed by atoms with Crippen molar-refractivity contribution in [3.63, 3.8) is 0 Å². The number of rotatable bonds is 10. The minimum Gasteiger partial charge on any atom is -0.456 e. The van der Waals surface area contributed by atoms with E-state index >= 15 is 0 Å².